The number of nitrogens with zero attached hydrogens (tertiary/aromatic N) is 3. The summed E-state index contributed by atoms with van der Waals surface area (Å²) in [4.78, 5) is 3.99. The summed E-state index contributed by atoms with van der Waals surface area (Å²) >= 11 is 5.95. The molecule has 0 spiro atoms. The highest BCUT2D eigenvalue weighted by Gasteiger charge is 2.10. The second-order valence-electron chi connectivity index (χ2n) is 7.99. The summed E-state index contributed by atoms with van der Waals surface area (Å²) in [5, 5.41) is 15.0. The predicted molar refractivity (Wildman–Crippen MR) is 142 cm³/mol. The minimum absolute atomic E-state index is 0.0666. The number of hydrogen-bond acceptors (Lipinski definition) is 6. The van der Waals surface area contributed by atoms with Gasteiger partial charge < -0.3 is 5.32 Å². The zero-order valence-corrected chi connectivity index (χ0v) is 20.9. The minimum Gasteiger partial charge on any atom is -0.338 e. The summed E-state index contributed by atoms with van der Waals surface area (Å²) in [6, 6.07) is 25.7. The van der Waals surface area contributed by atoms with E-state index in [-0.39, 0.29) is 4.90 Å². The molecule has 0 aliphatic heterocycles. The first-order valence-electron chi connectivity index (χ1n) is 11.0. The van der Waals surface area contributed by atoms with Crippen LogP contribution in [0.4, 0.5) is 11.5 Å². The number of fused-ring (bicyclic) bond motifs is 1. The molecular formula is C27H23ClN4O3S. The van der Waals surface area contributed by atoms with E-state index in [1.807, 2.05) is 55.5 Å². The Bertz CT molecular complexity index is 1560. The van der Waals surface area contributed by atoms with Crippen molar-refractivity contribution in [1.29, 1.82) is 0 Å². The summed E-state index contributed by atoms with van der Waals surface area (Å²) in [7, 11) is -4.02. The zero-order valence-electron chi connectivity index (χ0n) is 19.3. The molecule has 182 valence electrons. The Morgan fingerprint density at radius 2 is 1.47 bits per heavy atom. The van der Waals surface area contributed by atoms with Crippen LogP contribution in [0.15, 0.2) is 102 Å². The molecular weight excluding hydrogens is 496 g/mol. The largest absolute Gasteiger partial charge is 0.338 e. The normalized spacial score (nSPS) is 11.0. The van der Waals surface area contributed by atoms with Gasteiger partial charge in [-0.15, -0.1) is 5.10 Å². The van der Waals surface area contributed by atoms with Gasteiger partial charge in [-0.25, -0.2) is 0 Å². The second-order valence-corrected chi connectivity index (χ2v) is 9.85. The number of rotatable bonds is 5. The third-order valence-electron chi connectivity index (χ3n) is 5.31. The Hall–Kier alpha value is -3.85. The van der Waals surface area contributed by atoms with Crippen LogP contribution in [0, 0.1) is 6.92 Å². The van der Waals surface area contributed by atoms with Crippen LogP contribution in [-0.4, -0.2) is 28.2 Å². The summed E-state index contributed by atoms with van der Waals surface area (Å²) < 4.78 is 29.6. The smallest absolute Gasteiger partial charge is 0.294 e. The van der Waals surface area contributed by atoms with Gasteiger partial charge in [0.25, 0.3) is 10.1 Å². The third kappa shape index (κ3) is 6.63. The maximum atomic E-state index is 10.5. The van der Waals surface area contributed by atoms with Gasteiger partial charge in [-0.2, -0.15) is 13.5 Å². The van der Waals surface area contributed by atoms with Crippen LogP contribution in [0.5, 0.6) is 0 Å². The van der Waals surface area contributed by atoms with Crippen molar-refractivity contribution in [3.05, 3.63) is 119 Å². The van der Waals surface area contributed by atoms with Crippen molar-refractivity contribution < 1.29 is 13.0 Å². The van der Waals surface area contributed by atoms with E-state index < -0.39 is 10.1 Å². The molecule has 0 unspecified atom stereocenters. The first-order chi connectivity index (χ1) is 17.3. The average Bonchev–Trinajstić information content (AvgIpc) is 2.88. The second kappa shape index (κ2) is 11.3. The number of aryl methyl sites for hydroxylation is 1. The van der Waals surface area contributed by atoms with Crippen LogP contribution in [-0.2, 0) is 16.5 Å². The van der Waals surface area contributed by atoms with Gasteiger partial charge in [0.05, 0.1) is 10.6 Å². The summed E-state index contributed by atoms with van der Waals surface area (Å²) in [5.41, 5.74) is 3.99. The van der Waals surface area contributed by atoms with Gasteiger partial charge in [0, 0.05) is 40.3 Å². The molecule has 0 bridgehead atoms. The molecule has 5 rings (SSSR count). The standard InChI is InChI=1S/C20H15ClN4.C7H8O3S/c21-15-5-7-16(8-6-15)23-20-18-4-2-1-3-17(18)19(24-25-20)13-14-9-11-22-12-10-14;1-6-2-4-7(5-3-6)11(8,9)10/h1-12H,13H2,(H,23,25);2-5H,1H3,(H,8,9,10). The van der Waals surface area contributed by atoms with Crippen molar-refractivity contribution in [2.75, 3.05) is 5.32 Å². The molecule has 0 radical (unpaired) electrons. The highest BCUT2D eigenvalue weighted by molar-refractivity contribution is 7.85. The first kappa shape index (κ1) is 25.2. The van der Waals surface area contributed by atoms with Crippen LogP contribution < -0.4 is 5.32 Å². The fourth-order valence-electron chi connectivity index (χ4n) is 3.46. The van der Waals surface area contributed by atoms with Crippen LogP contribution in [0.2, 0.25) is 5.02 Å². The SMILES string of the molecule is Cc1ccc(S(=O)(=O)O)cc1.Clc1ccc(Nc2nnc(Cc3ccncc3)c3ccccc23)cc1. The van der Waals surface area contributed by atoms with E-state index in [0.29, 0.717) is 5.02 Å². The molecule has 5 aromatic rings. The quantitative estimate of drug-likeness (QED) is 0.265. The molecule has 2 heterocycles. The maximum absolute atomic E-state index is 10.5. The zero-order chi connectivity index (χ0) is 25.5. The van der Waals surface area contributed by atoms with Gasteiger partial charge in [-0.3, -0.25) is 9.54 Å². The van der Waals surface area contributed by atoms with Crippen LogP contribution >= 0.6 is 11.6 Å². The van der Waals surface area contributed by atoms with Gasteiger partial charge in [0.2, 0.25) is 0 Å². The van der Waals surface area contributed by atoms with E-state index in [9.17, 15) is 8.42 Å². The number of halogens is 1. The lowest BCUT2D eigenvalue weighted by Gasteiger charge is -2.11. The monoisotopic (exact) mass is 518 g/mol. The Morgan fingerprint density at radius 1 is 0.833 bits per heavy atom. The van der Waals surface area contributed by atoms with Crippen molar-refractivity contribution >= 4 is 44.0 Å². The van der Waals surface area contributed by atoms with Gasteiger partial charge >= 0.3 is 0 Å². The number of anilines is 2. The lowest BCUT2D eigenvalue weighted by atomic mass is 10.0. The highest BCUT2D eigenvalue weighted by atomic mass is 35.5. The number of hydrogen-bond donors (Lipinski definition) is 2. The Morgan fingerprint density at radius 3 is 2.11 bits per heavy atom. The molecule has 0 atom stereocenters. The minimum atomic E-state index is -4.02. The maximum Gasteiger partial charge on any atom is 0.294 e. The fourth-order valence-corrected chi connectivity index (χ4v) is 4.06. The molecule has 7 nitrogen and oxygen atoms in total. The number of nitrogens with one attached hydrogen (secondary N) is 1. The van der Waals surface area contributed by atoms with Gasteiger partial charge in [0.1, 0.15) is 0 Å². The lowest BCUT2D eigenvalue weighted by Crippen LogP contribution is -2.02. The van der Waals surface area contributed by atoms with E-state index in [1.54, 1.807) is 24.5 Å². The summed E-state index contributed by atoms with van der Waals surface area (Å²) in [6.45, 7) is 1.84. The van der Waals surface area contributed by atoms with E-state index in [0.717, 1.165) is 45.5 Å². The predicted octanol–water partition coefficient (Wildman–Crippen LogP) is 6.25. The Labute approximate surface area is 214 Å². The fraction of sp³-hybridized carbons (Fsp3) is 0.0741. The molecule has 0 saturated heterocycles. The molecule has 2 aromatic heterocycles. The first-order valence-corrected chi connectivity index (χ1v) is 12.8. The molecule has 0 aliphatic rings. The van der Waals surface area contributed by atoms with Crippen molar-refractivity contribution in [2.45, 2.75) is 18.2 Å². The molecule has 2 N–H and O–H groups in total. The Kier molecular flexibility index (Phi) is 7.90. The van der Waals surface area contributed by atoms with Crippen LogP contribution in [0.25, 0.3) is 10.8 Å². The molecule has 0 saturated carbocycles. The summed E-state index contributed by atoms with van der Waals surface area (Å²) in [5.74, 6) is 0.733. The summed E-state index contributed by atoms with van der Waals surface area (Å²) in [6.07, 6.45) is 4.31. The van der Waals surface area contributed by atoms with E-state index >= 15 is 0 Å². The van der Waals surface area contributed by atoms with Gasteiger partial charge in [0.15, 0.2) is 5.82 Å². The van der Waals surface area contributed by atoms with Crippen molar-refractivity contribution in [3.8, 4) is 0 Å². The molecule has 0 fully saturated rings. The van der Waals surface area contributed by atoms with Crippen molar-refractivity contribution in [3.63, 3.8) is 0 Å². The molecule has 0 amide bonds. The molecule has 0 aliphatic carbocycles. The van der Waals surface area contributed by atoms with Crippen molar-refractivity contribution in [2.24, 2.45) is 0 Å². The molecule has 36 heavy (non-hydrogen) atoms. The topological polar surface area (TPSA) is 105 Å². The van der Waals surface area contributed by atoms with Crippen LogP contribution in [0.1, 0.15) is 16.8 Å². The Balaban J connectivity index is 0.000000233. The number of pyridine rings is 1. The number of benzene rings is 3. The van der Waals surface area contributed by atoms with Crippen molar-refractivity contribution in [1.82, 2.24) is 15.2 Å². The number of aromatic nitrogens is 3. The van der Waals surface area contributed by atoms with Crippen LogP contribution in [0.3, 0.4) is 0 Å². The average molecular weight is 519 g/mol. The third-order valence-corrected chi connectivity index (χ3v) is 6.43. The lowest BCUT2D eigenvalue weighted by molar-refractivity contribution is 0.483. The van der Waals surface area contributed by atoms with E-state index in [2.05, 4.69) is 32.6 Å². The van der Waals surface area contributed by atoms with E-state index in [1.165, 1.54) is 12.1 Å². The highest BCUT2D eigenvalue weighted by Crippen LogP contribution is 2.27. The van der Waals surface area contributed by atoms with Gasteiger partial charge in [-0.05, 0) is 61.0 Å². The van der Waals surface area contributed by atoms with E-state index in [4.69, 9.17) is 16.2 Å². The molecule has 9 heteroatoms. The van der Waals surface area contributed by atoms with Gasteiger partial charge in [-0.1, -0.05) is 53.6 Å². The molecule has 3 aromatic carbocycles.